The van der Waals surface area contributed by atoms with Crippen LogP contribution in [0.1, 0.15) is 12.5 Å². The molecule has 1 heterocycles. The van der Waals surface area contributed by atoms with Crippen LogP contribution in [0.3, 0.4) is 0 Å². The van der Waals surface area contributed by atoms with Crippen LogP contribution in [0, 0.1) is 0 Å². The molecule has 0 atom stereocenters. The Kier molecular flexibility index (Phi) is 3.67. The maximum absolute atomic E-state index is 5.43. The molecule has 1 aliphatic heterocycles. The first-order valence-corrected chi connectivity index (χ1v) is 5.98. The molecule has 1 aliphatic rings. The van der Waals surface area contributed by atoms with Crippen molar-refractivity contribution in [2.24, 2.45) is 0 Å². The van der Waals surface area contributed by atoms with Crippen molar-refractivity contribution in [2.45, 2.75) is 13.3 Å². The molecule has 1 aromatic rings. The van der Waals surface area contributed by atoms with Crippen LogP contribution >= 0.6 is 0 Å². The van der Waals surface area contributed by atoms with E-state index in [1.165, 1.54) is 11.3 Å². The SMILES string of the molecule is CCc1c(OC)cccc1N1CCNCC1. The summed E-state index contributed by atoms with van der Waals surface area (Å²) in [5.74, 6) is 1.01. The standard InChI is InChI=1S/C13H20N2O/c1-3-11-12(5-4-6-13(11)16-2)15-9-7-14-8-10-15/h4-6,14H,3,7-10H2,1-2H3. The fourth-order valence-corrected chi connectivity index (χ4v) is 2.30. The van der Waals surface area contributed by atoms with Crippen LogP contribution in [-0.4, -0.2) is 33.3 Å². The minimum Gasteiger partial charge on any atom is -0.496 e. The molecule has 1 saturated heterocycles. The maximum atomic E-state index is 5.43. The van der Waals surface area contributed by atoms with Gasteiger partial charge >= 0.3 is 0 Å². The van der Waals surface area contributed by atoms with Crippen LogP contribution in [0.4, 0.5) is 5.69 Å². The number of hydrogen-bond acceptors (Lipinski definition) is 3. The largest absolute Gasteiger partial charge is 0.496 e. The average molecular weight is 220 g/mol. The third kappa shape index (κ3) is 2.14. The number of hydrogen-bond donors (Lipinski definition) is 1. The fraction of sp³-hybridized carbons (Fsp3) is 0.538. The summed E-state index contributed by atoms with van der Waals surface area (Å²) >= 11 is 0. The zero-order valence-corrected chi connectivity index (χ0v) is 10.1. The monoisotopic (exact) mass is 220 g/mol. The van der Waals surface area contributed by atoms with Gasteiger partial charge in [-0.05, 0) is 18.6 Å². The van der Waals surface area contributed by atoms with Crippen molar-refractivity contribution in [2.75, 3.05) is 38.2 Å². The first-order chi connectivity index (χ1) is 7.86. The number of nitrogens with one attached hydrogen (secondary N) is 1. The molecular weight excluding hydrogens is 200 g/mol. The average Bonchev–Trinajstić information content (AvgIpc) is 2.38. The van der Waals surface area contributed by atoms with Crippen molar-refractivity contribution in [1.82, 2.24) is 5.32 Å². The van der Waals surface area contributed by atoms with Crippen LogP contribution in [0.15, 0.2) is 18.2 Å². The highest BCUT2D eigenvalue weighted by atomic mass is 16.5. The van der Waals surface area contributed by atoms with Gasteiger partial charge in [0.1, 0.15) is 5.75 Å². The number of rotatable bonds is 3. The fourth-order valence-electron chi connectivity index (χ4n) is 2.30. The van der Waals surface area contributed by atoms with Gasteiger partial charge in [0.15, 0.2) is 0 Å². The second-order valence-corrected chi connectivity index (χ2v) is 4.05. The van der Waals surface area contributed by atoms with E-state index in [1.807, 2.05) is 6.07 Å². The predicted molar refractivity (Wildman–Crippen MR) is 67.5 cm³/mol. The summed E-state index contributed by atoms with van der Waals surface area (Å²) in [4.78, 5) is 2.44. The Morgan fingerprint density at radius 3 is 2.69 bits per heavy atom. The molecule has 0 bridgehead atoms. The Morgan fingerprint density at radius 2 is 2.06 bits per heavy atom. The molecule has 1 N–H and O–H groups in total. The van der Waals surface area contributed by atoms with Crippen molar-refractivity contribution in [3.63, 3.8) is 0 Å². The van der Waals surface area contributed by atoms with Gasteiger partial charge in [0, 0.05) is 37.4 Å². The van der Waals surface area contributed by atoms with E-state index in [0.717, 1.165) is 38.3 Å². The van der Waals surface area contributed by atoms with Gasteiger partial charge in [-0.3, -0.25) is 0 Å². The van der Waals surface area contributed by atoms with Crippen LogP contribution in [-0.2, 0) is 6.42 Å². The number of benzene rings is 1. The summed E-state index contributed by atoms with van der Waals surface area (Å²) in [5, 5.41) is 3.38. The third-order valence-corrected chi connectivity index (χ3v) is 3.14. The molecule has 0 radical (unpaired) electrons. The maximum Gasteiger partial charge on any atom is 0.124 e. The molecule has 0 saturated carbocycles. The molecule has 0 unspecified atom stereocenters. The Balaban J connectivity index is 2.30. The number of nitrogens with zero attached hydrogens (tertiary/aromatic N) is 1. The molecule has 0 aromatic heterocycles. The van der Waals surface area contributed by atoms with Crippen molar-refractivity contribution >= 4 is 5.69 Å². The summed E-state index contributed by atoms with van der Waals surface area (Å²) in [6, 6.07) is 6.33. The first-order valence-electron chi connectivity index (χ1n) is 5.98. The first kappa shape index (κ1) is 11.3. The van der Waals surface area contributed by atoms with E-state index in [2.05, 4.69) is 29.3 Å². The normalized spacial score (nSPS) is 16.2. The smallest absolute Gasteiger partial charge is 0.124 e. The molecule has 16 heavy (non-hydrogen) atoms. The van der Waals surface area contributed by atoms with Crippen molar-refractivity contribution in [3.8, 4) is 5.75 Å². The van der Waals surface area contributed by atoms with E-state index >= 15 is 0 Å². The Labute approximate surface area is 97.4 Å². The van der Waals surface area contributed by atoms with Crippen LogP contribution in [0.2, 0.25) is 0 Å². The lowest BCUT2D eigenvalue weighted by molar-refractivity contribution is 0.410. The van der Waals surface area contributed by atoms with Gasteiger partial charge in [-0.15, -0.1) is 0 Å². The van der Waals surface area contributed by atoms with Crippen LogP contribution in [0.5, 0.6) is 5.75 Å². The third-order valence-electron chi connectivity index (χ3n) is 3.14. The van der Waals surface area contributed by atoms with E-state index < -0.39 is 0 Å². The number of methoxy groups -OCH3 is 1. The van der Waals surface area contributed by atoms with E-state index in [0.29, 0.717) is 0 Å². The van der Waals surface area contributed by atoms with E-state index in [-0.39, 0.29) is 0 Å². The Morgan fingerprint density at radius 1 is 1.31 bits per heavy atom. The van der Waals surface area contributed by atoms with Gasteiger partial charge in [-0.2, -0.15) is 0 Å². The number of anilines is 1. The molecule has 0 spiro atoms. The zero-order valence-electron chi connectivity index (χ0n) is 10.1. The summed E-state index contributed by atoms with van der Waals surface area (Å²) in [6.07, 6.45) is 1.02. The van der Waals surface area contributed by atoms with Crippen molar-refractivity contribution in [3.05, 3.63) is 23.8 Å². The summed E-state index contributed by atoms with van der Waals surface area (Å²) in [5.41, 5.74) is 2.66. The van der Waals surface area contributed by atoms with E-state index in [4.69, 9.17) is 4.74 Å². The number of ether oxygens (including phenoxy) is 1. The summed E-state index contributed by atoms with van der Waals surface area (Å²) in [7, 11) is 1.75. The van der Waals surface area contributed by atoms with Gasteiger partial charge < -0.3 is 15.0 Å². The predicted octanol–water partition coefficient (Wildman–Crippen LogP) is 1.67. The molecule has 1 fully saturated rings. The quantitative estimate of drug-likeness (QED) is 0.838. The lowest BCUT2D eigenvalue weighted by Crippen LogP contribution is -2.43. The minimum atomic E-state index is 1.01. The number of piperazine rings is 1. The Bertz CT molecular complexity index is 346. The molecule has 3 nitrogen and oxygen atoms in total. The topological polar surface area (TPSA) is 24.5 Å². The highest BCUT2D eigenvalue weighted by Gasteiger charge is 2.15. The second-order valence-electron chi connectivity index (χ2n) is 4.05. The zero-order chi connectivity index (χ0) is 11.4. The molecule has 88 valence electrons. The highest BCUT2D eigenvalue weighted by Crippen LogP contribution is 2.29. The highest BCUT2D eigenvalue weighted by molar-refractivity contribution is 5.59. The van der Waals surface area contributed by atoms with Gasteiger partial charge in [0.2, 0.25) is 0 Å². The van der Waals surface area contributed by atoms with Gasteiger partial charge in [0.05, 0.1) is 7.11 Å². The van der Waals surface area contributed by atoms with E-state index in [9.17, 15) is 0 Å². The lowest BCUT2D eigenvalue weighted by atomic mass is 10.1. The lowest BCUT2D eigenvalue weighted by Gasteiger charge is -2.31. The Hall–Kier alpha value is -1.22. The summed E-state index contributed by atoms with van der Waals surface area (Å²) in [6.45, 7) is 6.49. The van der Waals surface area contributed by atoms with Gasteiger partial charge in [-0.1, -0.05) is 13.0 Å². The molecule has 0 amide bonds. The molecule has 2 rings (SSSR count). The minimum absolute atomic E-state index is 1.01. The molecule has 0 aliphatic carbocycles. The summed E-state index contributed by atoms with van der Waals surface area (Å²) < 4.78 is 5.43. The van der Waals surface area contributed by atoms with Crippen molar-refractivity contribution < 1.29 is 4.74 Å². The molecular formula is C13H20N2O. The van der Waals surface area contributed by atoms with Crippen LogP contribution < -0.4 is 15.0 Å². The van der Waals surface area contributed by atoms with Crippen LogP contribution in [0.25, 0.3) is 0 Å². The molecule has 1 aromatic carbocycles. The molecule has 3 heteroatoms. The van der Waals surface area contributed by atoms with Gasteiger partial charge in [0.25, 0.3) is 0 Å². The van der Waals surface area contributed by atoms with Gasteiger partial charge in [-0.25, -0.2) is 0 Å². The van der Waals surface area contributed by atoms with Crippen molar-refractivity contribution in [1.29, 1.82) is 0 Å². The van der Waals surface area contributed by atoms with E-state index in [1.54, 1.807) is 7.11 Å². The second kappa shape index (κ2) is 5.21.